The lowest BCUT2D eigenvalue weighted by Gasteiger charge is -2.17. The van der Waals surface area contributed by atoms with Crippen LogP contribution in [0.15, 0.2) is 18.2 Å². The van der Waals surface area contributed by atoms with E-state index in [2.05, 4.69) is 17.7 Å². The number of para-hydroxylation sites is 1. The van der Waals surface area contributed by atoms with Gasteiger partial charge in [-0.2, -0.15) is 0 Å². The van der Waals surface area contributed by atoms with E-state index in [4.69, 9.17) is 5.84 Å². The van der Waals surface area contributed by atoms with Gasteiger partial charge in [-0.15, -0.1) is 0 Å². The molecule has 4 nitrogen and oxygen atoms in total. The van der Waals surface area contributed by atoms with E-state index in [0.717, 1.165) is 19.3 Å². The van der Waals surface area contributed by atoms with Gasteiger partial charge in [0.1, 0.15) is 5.82 Å². The molecule has 1 atom stereocenters. The summed E-state index contributed by atoms with van der Waals surface area (Å²) in [6.45, 7) is 4.07. The minimum absolute atomic E-state index is 0.0290. The highest BCUT2D eigenvalue weighted by molar-refractivity contribution is 5.99. The average molecular weight is 253 g/mol. The predicted octanol–water partition coefficient (Wildman–Crippen LogP) is 2.42. The molecule has 5 heteroatoms. The number of hydrogen-bond acceptors (Lipinski definition) is 3. The molecule has 0 aliphatic carbocycles. The van der Waals surface area contributed by atoms with E-state index in [1.165, 1.54) is 12.1 Å². The van der Waals surface area contributed by atoms with E-state index < -0.39 is 5.82 Å². The van der Waals surface area contributed by atoms with Crippen molar-refractivity contribution in [1.82, 2.24) is 5.32 Å². The Morgan fingerprint density at radius 1 is 1.44 bits per heavy atom. The van der Waals surface area contributed by atoms with Crippen LogP contribution in [0.4, 0.5) is 10.1 Å². The number of benzene rings is 1. The van der Waals surface area contributed by atoms with Crippen molar-refractivity contribution in [3.63, 3.8) is 0 Å². The molecule has 0 heterocycles. The molecule has 0 saturated carbocycles. The second-order valence-corrected chi connectivity index (χ2v) is 4.17. The van der Waals surface area contributed by atoms with Gasteiger partial charge in [0.2, 0.25) is 0 Å². The maximum absolute atomic E-state index is 13.5. The SMILES string of the molecule is CCCC(CC)NC(=O)c1cccc(F)c1NN. The molecule has 1 aromatic rings. The van der Waals surface area contributed by atoms with Crippen LogP contribution in [0.25, 0.3) is 0 Å². The predicted molar refractivity (Wildman–Crippen MR) is 70.7 cm³/mol. The fourth-order valence-corrected chi connectivity index (χ4v) is 1.85. The van der Waals surface area contributed by atoms with Gasteiger partial charge in [0, 0.05) is 6.04 Å². The number of nitrogens with one attached hydrogen (secondary N) is 2. The molecule has 18 heavy (non-hydrogen) atoms. The van der Waals surface area contributed by atoms with Crippen molar-refractivity contribution in [3.8, 4) is 0 Å². The van der Waals surface area contributed by atoms with Crippen LogP contribution in [0.2, 0.25) is 0 Å². The summed E-state index contributed by atoms with van der Waals surface area (Å²) in [6, 6.07) is 4.41. The van der Waals surface area contributed by atoms with Gasteiger partial charge in [-0.05, 0) is 25.0 Å². The number of amides is 1. The number of hydrogen-bond donors (Lipinski definition) is 3. The summed E-state index contributed by atoms with van der Waals surface area (Å²) in [6.07, 6.45) is 2.74. The monoisotopic (exact) mass is 253 g/mol. The largest absolute Gasteiger partial charge is 0.349 e. The number of carbonyl (C=O) groups is 1. The van der Waals surface area contributed by atoms with Crippen molar-refractivity contribution in [3.05, 3.63) is 29.6 Å². The highest BCUT2D eigenvalue weighted by Gasteiger charge is 2.16. The Morgan fingerprint density at radius 2 is 2.17 bits per heavy atom. The zero-order valence-corrected chi connectivity index (χ0v) is 10.8. The zero-order valence-electron chi connectivity index (χ0n) is 10.8. The van der Waals surface area contributed by atoms with Crippen LogP contribution in [0.3, 0.4) is 0 Å². The summed E-state index contributed by atoms with van der Waals surface area (Å²) in [5, 5.41) is 2.88. The topological polar surface area (TPSA) is 67.2 Å². The van der Waals surface area contributed by atoms with Crippen molar-refractivity contribution < 1.29 is 9.18 Å². The lowest BCUT2D eigenvalue weighted by atomic mass is 10.1. The standard InChI is InChI=1S/C13H20FN3O/c1-3-6-9(4-2)16-13(18)10-7-5-8-11(14)12(10)17-15/h5,7-9,17H,3-4,6,15H2,1-2H3,(H,16,18). The molecule has 4 N–H and O–H groups in total. The van der Waals surface area contributed by atoms with Gasteiger partial charge in [-0.1, -0.05) is 26.3 Å². The molecule has 0 fully saturated rings. The highest BCUT2D eigenvalue weighted by atomic mass is 19.1. The lowest BCUT2D eigenvalue weighted by Crippen LogP contribution is -2.35. The first kappa shape index (κ1) is 14.4. The third-order valence-electron chi connectivity index (χ3n) is 2.87. The maximum Gasteiger partial charge on any atom is 0.253 e. The highest BCUT2D eigenvalue weighted by Crippen LogP contribution is 2.19. The Balaban J connectivity index is 2.87. The molecule has 0 radical (unpaired) electrons. The van der Waals surface area contributed by atoms with Crippen LogP contribution in [0.1, 0.15) is 43.5 Å². The van der Waals surface area contributed by atoms with Gasteiger partial charge in [0.15, 0.2) is 0 Å². The number of anilines is 1. The number of nitrogen functional groups attached to an aromatic ring is 1. The second kappa shape index (κ2) is 6.96. The Kier molecular flexibility index (Phi) is 5.58. The Labute approximate surface area is 107 Å². The Morgan fingerprint density at radius 3 is 2.72 bits per heavy atom. The molecule has 0 aliphatic rings. The van der Waals surface area contributed by atoms with Gasteiger partial charge < -0.3 is 10.7 Å². The summed E-state index contributed by atoms with van der Waals surface area (Å²) in [7, 11) is 0. The second-order valence-electron chi connectivity index (χ2n) is 4.17. The van der Waals surface area contributed by atoms with Crippen LogP contribution >= 0.6 is 0 Å². The third kappa shape index (κ3) is 3.43. The average Bonchev–Trinajstić information content (AvgIpc) is 2.37. The summed E-state index contributed by atoms with van der Waals surface area (Å²) in [5.41, 5.74) is 2.49. The number of nitrogens with two attached hydrogens (primary N) is 1. The van der Waals surface area contributed by atoms with Crippen LogP contribution < -0.4 is 16.6 Å². The minimum atomic E-state index is -0.534. The fraction of sp³-hybridized carbons (Fsp3) is 0.462. The van der Waals surface area contributed by atoms with Gasteiger partial charge in [-0.3, -0.25) is 10.6 Å². The quantitative estimate of drug-likeness (QED) is 0.539. The van der Waals surface area contributed by atoms with Crippen LogP contribution in [-0.2, 0) is 0 Å². The van der Waals surface area contributed by atoms with Crippen LogP contribution in [-0.4, -0.2) is 11.9 Å². The van der Waals surface area contributed by atoms with E-state index in [-0.39, 0.29) is 23.2 Å². The molecule has 0 saturated heterocycles. The Bertz CT molecular complexity index is 409. The zero-order chi connectivity index (χ0) is 13.5. The smallest absolute Gasteiger partial charge is 0.253 e. The molecular weight excluding hydrogens is 233 g/mol. The van der Waals surface area contributed by atoms with Crippen LogP contribution in [0.5, 0.6) is 0 Å². The molecule has 0 bridgehead atoms. The van der Waals surface area contributed by atoms with E-state index in [0.29, 0.717) is 0 Å². The van der Waals surface area contributed by atoms with Gasteiger partial charge in [0.05, 0.1) is 11.3 Å². The van der Waals surface area contributed by atoms with Crippen molar-refractivity contribution in [2.24, 2.45) is 5.84 Å². The van der Waals surface area contributed by atoms with Crippen molar-refractivity contribution in [2.75, 3.05) is 5.43 Å². The normalized spacial score (nSPS) is 12.0. The van der Waals surface area contributed by atoms with Crippen LogP contribution in [0, 0.1) is 5.82 Å². The van der Waals surface area contributed by atoms with Crippen molar-refractivity contribution in [1.29, 1.82) is 0 Å². The summed E-state index contributed by atoms with van der Waals surface area (Å²) >= 11 is 0. The molecule has 0 spiro atoms. The molecule has 0 aliphatic heterocycles. The minimum Gasteiger partial charge on any atom is -0.349 e. The molecule has 0 aromatic heterocycles. The van der Waals surface area contributed by atoms with E-state index >= 15 is 0 Å². The van der Waals surface area contributed by atoms with E-state index in [1.54, 1.807) is 6.07 Å². The number of hydrazine groups is 1. The first-order valence-corrected chi connectivity index (χ1v) is 6.20. The van der Waals surface area contributed by atoms with Crippen molar-refractivity contribution >= 4 is 11.6 Å². The number of rotatable bonds is 6. The third-order valence-corrected chi connectivity index (χ3v) is 2.87. The molecule has 1 aromatic carbocycles. The Hall–Kier alpha value is -1.62. The number of halogens is 1. The maximum atomic E-state index is 13.5. The fourth-order valence-electron chi connectivity index (χ4n) is 1.85. The van der Waals surface area contributed by atoms with Crippen molar-refractivity contribution in [2.45, 2.75) is 39.2 Å². The molecule has 100 valence electrons. The van der Waals surface area contributed by atoms with E-state index in [1.807, 2.05) is 6.92 Å². The molecule has 1 rings (SSSR count). The summed E-state index contributed by atoms with van der Waals surface area (Å²) in [4.78, 5) is 12.0. The van der Waals surface area contributed by atoms with Gasteiger partial charge >= 0.3 is 0 Å². The first-order chi connectivity index (χ1) is 8.63. The summed E-state index contributed by atoms with van der Waals surface area (Å²) < 4.78 is 13.5. The first-order valence-electron chi connectivity index (χ1n) is 6.20. The number of carbonyl (C=O) groups excluding carboxylic acids is 1. The van der Waals surface area contributed by atoms with Gasteiger partial charge in [-0.25, -0.2) is 4.39 Å². The molecule has 1 amide bonds. The van der Waals surface area contributed by atoms with E-state index in [9.17, 15) is 9.18 Å². The van der Waals surface area contributed by atoms with Gasteiger partial charge in [0.25, 0.3) is 5.91 Å². The molecule has 1 unspecified atom stereocenters. The molecular formula is C13H20FN3O. The lowest BCUT2D eigenvalue weighted by molar-refractivity contribution is 0.0934. The summed E-state index contributed by atoms with van der Waals surface area (Å²) in [5.74, 6) is 4.40.